The number of rotatable bonds is 3. The summed E-state index contributed by atoms with van der Waals surface area (Å²) in [5.41, 5.74) is 5.56. The minimum atomic E-state index is -0.164. The predicted octanol–water partition coefficient (Wildman–Crippen LogP) is 1.91. The van der Waals surface area contributed by atoms with Crippen molar-refractivity contribution in [1.29, 1.82) is 0 Å². The van der Waals surface area contributed by atoms with Gasteiger partial charge in [-0.25, -0.2) is 0 Å². The van der Waals surface area contributed by atoms with Gasteiger partial charge in [-0.3, -0.25) is 0 Å². The summed E-state index contributed by atoms with van der Waals surface area (Å²) in [6, 6.07) is 0. The highest BCUT2D eigenvalue weighted by atomic mass is 16.3. The average Bonchev–Trinajstić information content (AvgIpc) is 2.43. The van der Waals surface area contributed by atoms with Crippen LogP contribution in [0.3, 0.4) is 0 Å². The fourth-order valence-electron chi connectivity index (χ4n) is 2.26. The molecule has 0 spiro atoms. The molecule has 13 heavy (non-hydrogen) atoms. The lowest BCUT2D eigenvalue weighted by molar-refractivity contribution is 0.0534. The lowest BCUT2D eigenvalue weighted by Gasteiger charge is -2.25. The molecule has 0 aromatic rings. The molecule has 78 valence electrons. The van der Waals surface area contributed by atoms with E-state index in [9.17, 15) is 5.11 Å². The van der Waals surface area contributed by atoms with Crippen molar-refractivity contribution >= 4 is 0 Å². The Morgan fingerprint density at radius 3 is 2.23 bits per heavy atom. The number of nitrogens with two attached hydrogens (primary N) is 1. The van der Waals surface area contributed by atoms with E-state index in [0.717, 1.165) is 0 Å². The Bertz CT molecular complexity index is 130. The van der Waals surface area contributed by atoms with Crippen LogP contribution in [-0.4, -0.2) is 17.8 Å². The summed E-state index contributed by atoms with van der Waals surface area (Å²) < 4.78 is 0. The van der Waals surface area contributed by atoms with Gasteiger partial charge in [0.1, 0.15) is 0 Å². The molecule has 0 heterocycles. The van der Waals surface area contributed by atoms with E-state index in [1.54, 1.807) is 0 Å². The van der Waals surface area contributed by atoms with Crippen molar-refractivity contribution in [1.82, 2.24) is 0 Å². The van der Waals surface area contributed by atoms with Crippen molar-refractivity contribution < 1.29 is 5.11 Å². The van der Waals surface area contributed by atoms with Gasteiger partial charge in [0, 0.05) is 0 Å². The lowest BCUT2D eigenvalue weighted by atomic mass is 9.87. The molecule has 2 nitrogen and oxygen atoms in total. The minimum absolute atomic E-state index is 0.164. The van der Waals surface area contributed by atoms with Crippen LogP contribution >= 0.6 is 0 Å². The average molecular weight is 185 g/mol. The van der Waals surface area contributed by atoms with E-state index >= 15 is 0 Å². The van der Waals surface area contributed by atoms with Gasteiger partial charge in [0.05, 0.1) is 6.10 Å². The van der Waals surface area contributed by atoms with Gasteiger partial charge in [0.15, 0.2) is 0 Å². The van der Waals surface area contributed by atoms with E-state index in [2.05, 4.69) is 6.92 Å². The summed E-state index contributed by atoms with van der Waals surface area (Å²) in [6.45, 7) is 2.66. The Morgan fingerprint density at radius 1 is 1.23 bits per heavy atom. The molecule has 2 heteroatoms. The summed E-state index contributed by atoms with van der Waals surface area (Å²) >= 11 is 0. The van der Waals surface area contributed by atoms with Crippen molar-refractivity contribution in [3.05, 3.63) is 0 Å². The summed E-state index contributed by atoms with van der Waals surface area (Å²) in [7, 11) is 0. The van der Waals surface area contributed by atoms with Gasteiger partial charge in [0.25, 0.3) is 0 Å². The Balaban J connectivity index is 2.38. The molecule has 0 aromatic carbocycles. The number of hydrogen-bond acceptors (Lipinski definition) is 2. The number of aliphatic hydroxyl groups excluding tert-OH is 1. The lowest BCUT2D eigenvalue weighted by Crippen LogP contribution is -2.32. The summed E-state index contributed by atoms with van der Waals surface area (Å²) in [4.78, 5) is 0. The number of hydrogen-bond donors (Lipinski definition) is 2. The smallest absolute Gasteiger partial charge is 0.0605 e. The van der Waals surface area contributed by atoms with E-state index in [1.807, 2.05) is 0 Å². The highest BCUT2D eigenvalue weighted by Gasteiger charge is 2.24. The summed E-state index contributed by atoms with van der Waals surface area (Å²) in [5.74, 6) is 0.782. The maximum atomic E-state index is 9.99. The molecule has 1 rings (SSSR count). The summed E-state index contributed by atoms with van der Waals surface area (Å²) in [5, 5.41) is 9.99. The van der Waals surface area contributed by atoms with Crippen LogP contribution in [0.5, 0.6) is 0 Å². The van der Waals surface area contributed by atoms with Crippen molar-refractivity contribution in [3.63, 3.8) is 0 Å². The highest BCUT2D eigenvalue weighted by molar-refractivity contribution is 4.76. The molecule has 0 aliphatic heterocycles. The monoisotopic (exact) mass is 185 g/mol. The molecule has 0 radical (unpaired) electrons. The van der Waals surface area contributed by atoms with Crippen LogP contribution in [0, 0.1) is 11.8 Å². The Hall–Kier alpha value is -0.0800. The van der Waals surface area contributed by atoms with Crippen LogP contribution in [0.25, 0.3) is 0 Å². The van der Waals surface area contributed by atoms with Gasteiger partial charge in [-0.2, -0.15) is 0 Å². The van der Waals surface area contributed by atoms with E-state index in [1.165, 1.54) is 38.5 Å². The zero-order chi connectivity index (χ0) is 9.68. The second kappa shape index (κ2) is 5.61. The SMILES string of the molecule is CC(CN)C(O)C1CCCCCC1. The van der Waals surface area contributed by atoms with Crippen molar-refractivity contribution in [3.8, 4) is 0 Å². The maximum absolute atomic E-state index is 9.99. The first-order valence-corrected chi connectivity index (χ1v) is 5.64. The highest BCUT2D eigenvalue weighted by Crippen LogP contribution is 2.28. The number of aliphatic hydroxyl groups is 1. The molecule has 1 aliphatic rings. The summed E-state index contributed by atoms with van der Waals surface area (Å²) in [6.07, 6.45) is 7.51. The predicted molar refractivity (Wildman–Crippen MR) is 55.4 cm³/mol. The molecule has 2 atom stereocenters. The molecule has 3 N–H and O–H groups in total. The first kappa shape index (κ1) is 11.0. The van der Waals surface area contributed by atoms with Crippen LogP contribution in [-0.2, 0) is 0 Å². The normalized spacial score (nSPS) is 25.2. The Labute approximate surface area is 81.5 Å². The van der Waals surface area contributed by atoms with E-state index in [-0.39, 0.29) is 12.0 Å². The third-order valence-corrected chi connectivity index (χ3v) is 3.34. The van der Waals surface area contributed by atoms with Gasteiger partial charge in [-0.05, 0) is 31.2 Å². The van der Waals surface area contributed by atoms with E-state index < -0.39 is 0 Å². The molecule has 0 bridgehead atoms. The minimum Gasteiger partial charge on any atom is -0.393 e. The molecule has 0 amide bonds. The molecular weight excluding hydrogens is 162 g/mol. The standard InChI is InChI=1S/C11H23NO/c1-9(8-12)11(13)10-6-4-2-3-5-7-10/h9-11,13H,2-8,12H2,1H3. The fourth-order valence-corrected chi connectivity index (χ4v) is 2.26. The molecule has 2 unspecified atom stereocenters. The zero-order valence-corrected chi connectivity index (χ0v) is 8.71. The first-order chi connectivity index (χ1) is 6.25. The second-order valence-corrected chi connectivity index (χ2v) is 4.46. The molecule has 1 aliphatic carbocycles. The largest absolute Gasteiger partial charge is 0.393 e. The molecular formula is C11H23NO. The molecule has 0 aromatic heterocycles. The maximum Gasteiger partial charge on any atom is 0.0605 e. The van der Waals surface area contributed by atoms with Crippen LogP contribution in [0.15, 0.2) is 0 Å². The van der Waals surface area contributed by atoms with Crippen molar-refractivity contribution in [2.75, 3.05) is 6.54 Å². The Kier molecular flexibility index (Phi) is 4.74. The van der Waals surface area contributed by atoms with Gasteiger partial charge in [-0.15, -0.1) is 0 Å². The van der Waals surface area contributed by atoms with Crippen LogP contribution in [0.2, 0.25) is 0 Å². The van der Waals surface area contributed by atoms with Crippen molar-refractivity contribution in [2.24, 2.45) is 17.6 Å². The third-order valence-electron chi connectivity index (χ3n) is 3.34. The zero-order valence-electron chi connectivity index (χ0n) is 8.71. The third kappa shape index (κ3) is 3.28. The first-order valence-electron chi connectivity index (χ1n) is 5.64. The van der Waals surface area contributed by atoms with Gasteiger partial charge >= 0.3 is 0 Å². The molecule has 1 saturated carbocycles. The van der Waals surface area contributed by atoms with Gasteiger partial charge in [-0.1, -0.05) is 32.6 Å². The Morgan fingerprint density at radius 2 is 1.77 bits per heavy atom. The van der Waals surface area contributed by atoms with Gasteiger partial charge in [0.2, 0.25) is 0 Å². The van der Waals surface area contributed by atoms with Crippen LogP contribution in [0.1, 0.15) is 45.4 Å². The molecule has 1 fully saturated rings. The quantitative estimate of drug-likeness (QED) is 0.660. The molecule has 0 saturated heterocycles. The van der Waals surface area contributed by atoms with Crippen LogP contribution < -0.4 is 5.73 Å². The van der Waals surface area contributed by atoms with E-state index in [4.69, 9.17) is 5.73 Å². The fraction of sp³-hybridized carbons (Fsp3) is 1.00. The van der Waals surface area contributed by atoms with Crippen molar-refractivity contribution in [2.45, 2.75) is 51.6 Å². The van der Waals surface area contributed by atoms with Crippen LogP contribution in [0.4, 0.5) is 0 Å². The topological polar surface area (TPSA) is 46.2 Å². The second-order valence-electron chi connectivity index (χ2n) is 4.46. The van der Waals surface area contributed by atoms with E-state index in [0.29, 0.717) is 12.5 Å². The van der Waals surface area contributed by atoms with Gasteiger partial charge < -0.3 is 10.8 Å².